The van der Waals surface area contributed by atoms with E-state index in [2.05, 4.69) is 4.98 Å². The van der Waals surface area contributed by atoms with E-state index in [1.165, 1.54) is 12.3 Å². The highest BCUT2D eigenvalue weighted by Crippen LogP contribution is 2.21. The number of pyridine rings is 1. The number of nitrogens with zero attached hydrogens (tertiary/aromatic N) is 2. The predicted molar refractivity (Wildman–Crippen MR) is 59.4 cm³/mol. The minimum absolute atomic E-state index is 0.300. The van der Waals surface area contributed by atoms with Gasteiger partial charge in [-0.1, -0.05) is 0 Å². The van der Waals surface area contributed by atoms with Gasteiger partial charge in [-0.3, -0.25) is 0 Å². The van der Waals surface area contributed by atoms with Crippen molar-refractivity contribution in [1.29, 1.82) is 5.26 Å². The van der Waals surface area contributed by atoms with E-state index in [4.69, 9.17) is 5.26 Å². The Hall–Kier alpha value is -1.66. The first kappa shape index (κ1) is 15.4. The third kappa shape index (κ3) is 4.84. The van der Waals surface area contributed by atoms with Crippen molar-refractivity contribution in [3.8, 4) is 6.07 Å². The third-order valence-electron chi connectivity index (χ3n) is 2.10. The van der Waals surface area contributed by atoms with Gasteiger partial charge < -0.3 is 0 Å². The molecule has 0 aromatic carbocycles. The Balaban J connectivity index is 2.70. The Bertz CT molecular complexity index is 578. The van der Waals surface area contributed by atoms with E-state index in [1.807, 2.05) is 4.72 Å². The van der Waals surface area contributed by atoms with Crippen LogP contribution in [-0.4, -0.2) is 26.1 Å². The third-order valence-corrected chi connectivity index (χ3v) is 3.59. The van der Waals surface area contributed by atoms with Crippen LogP contribution in [-0.2, 0) is 10.0 Å². The maximum Gasteiger partial charge on any atom is 0.389 e. The van der Waals surface area contributed by atoms with E-state index in [-0.39, 0.29) is 23.6 Å². The van der Waals surface area contributed by atoms with Crippen LogP contribution in [0.2, 0.25) is 0 Å². The first-order valence-electron chi connectivity index (χ1n) is 5.18. The molecule has 5 nitrogen and oxygen atoms in total. The van der Waals surface area contributed by atoms with Crippen LogP contribution in [0.25, 0.3) is 0 Å². The van der Waals surface area contributed by atoms with Crippen LogP contribution < -0.4 is 4.72 Å². The van der Waals surface area contributed by atoms with Gasteiger partial charge in [0.2, 0.25) is 10.0 Å². The minimum Gasteiger partial charge on any atom is -0.244 e. The van der Waals surface area contributed by atoms with Crippen molar-refractivity contribution in [2.24, 2.45) is 0 Å². The molecule has 0 saturated carbocycles. The molecule has 0 spiro atoms. The molecule has 0 radical (unpaired) electrons. The van der Waals surface area contributed by atoms with Crippen molar-refractivity contribution < 1.29 is 21.6 Å². The molecule has 19 heavy (non-hydrogen) atoms. The van der Waals surface area contributed by atoms with Crippen LogP contribution in [0.3, 0.4) is 0 Å². The van der Waals surface area contributed by atoms with E-state index in [0.717, 1.165) is 6.07 Å². The average molecular weight is 293 g/mol. The van der Waals surface area contributed by atoms with Gasteiger partial charge in [0.1, 0.15) is 11.0 Å². The van der Waals surface area contributed by atoms with E-state index < -0.39 is 22.6 Å². The summed E-state index contributed by atoms with van der Waals surface area (Å²) in [5.74, 6) is 0. The summed E-state index contributed by atoms with van der Waals surface area (Å²) in [4.78, 5) is 3.23. The molecule has 9 heteroatoms. The minimum atomic E-state index is -4.32. The Morgan fingerprint density at radius 3 is 2.68 bits per heavy atom. The second kappa shape index (κ2) is 5.99. The summed E-state index contributed by atoms with van der Waals surface area (Å²) in [6.07, 6.45) is -4.52. The van der Waals surface area contributed by atoms with Crippen LogP contribution in [0.5, 0.6) is 0 Å². The first-order valence-corrected chi connectivity index (χ1v) is 6.66. The number of aromatic nitrogens is 1. The highest BCUT2D eigenvalue weighted by Gasteiger charge is 2.26. The quantitative estimate of drug-likeness (QED) is 0.835. The molecule has 104 valence electrons. The molecule has 1 aromatic rings. The molecule has 0 aliphatic heterocycles. The SMILES string of the molecule is N#Cc1ncccc1S(=O)(=O)NCCCC(F)(F)F. The van der Waals surface area contributed by atoms with Crippen LogP contribution in [0, 0.1) is 11.3 Å². The summed E-state index contributed by atoms with van der Waals surface area (Å²) in [7, 11) is -4.02. The van der Waals surface area contributed by atoms with Gasteiger partial charge in [0, 0.05) is 19.2 Å². The first-order chi connectivity index (χ1) is 8.76. The summed E-state index contributed by atoms with van der Waals surface area (Å²) >= 11 is 0. The smallest absolute Gasteiger partial charge is 0.244 e. The van der Waals surface area contributed by atoms with Gasteiger partial charge in [-0.2, -0.15) is 18.4 Å². The van der Waals surface area contributed by atoms with Crippen LogP contribution in [0.1, 0.15) is 18.5 Å². The molecule has 0 saturated heterocycles. The number of rotatable bonds is 5. The van der Waals surface area contributed by atoms with Crippen LogP contribution >= 0.6 is 0 Å². The standard InChI is InChI=1S/C10H10F3N3O2S/c11-10(12,13)4-2-6-16-19(17,18)9-3-1-5-15-8(9)7-14/h1,3,5,16H,2,4,6H2. The highest BCUT2D eigenvalue weighted by molar-refractivity contribution is 7.89. The zero-order chi connectivity index (χ0) is 14.5. The normalized spacial score (nSPS) is 12.1. The van der Waals surface area contributed by atoms with E-state index in [1.54, 1.807) is 6.07 Å². The topological polar surface area (TPSA) is 82.8 Å². The molecule has 0 bridgehead atoms. The molecule has 0 fully saturated rings. The number of alkyl halides is 3. The Kier molecular flexibility index (Phi) is 4.85. The second-order valence-electron chi connectivity index (χ2n) is 3.58. The average Bonchev–Trinajstić information content (AvgIpc) is 2.33. The summed E-state index contributed by atoms with van der Waals surface area (Å²) in [6.45, 7) is -0.360. The summed E-state index contributed by atoms with van der Waals surface area (Å²) in [6, 6.07) is 4.09. The van der Waals surface area contributed by atoms with Gasteiger partial charge in [-0.05, 0) is 18.6 Å². The van der Waals surface area contributed by atoms with Gasteiger partial charge in [0.15, 0.2) is 5.69 Å². The predicted octanol–water partition coefficient (Wildman–Crippen LogP) is 1.57. The number of sulfonamides is 1. The van der Waals surface area contributed by atoms with Crippen molar-refractivity contribution >= 4 is 10.0 Å². The summed E-state index contributed by atoms with van der Waals surface area (Å²) in [5, 5.41) is 8.71. The Morgan fingerprint density at radius 2 is 2.11 bits per heavy atom. The fourth-order valence-electron chi connectivity index (χ4n) is 1.26. The van der Waals surface area contributed by atoms with E-state index in [9.17, 15) is 21.6 Å². The molecule has 0 amide bonds. The lowest BCUT2D eigenvalue weighted by atomic mass is 10.3. The maximum absolute atomic E-state index is 11.9. The number of hydrogen-bond donors (Lipinski definition) is 1. The van der Waals surface area contributed by atoms with Crippen molar-refractivity contribution in [2.75, 3.05) is 6.54 Å². The molecular formula is C10H10F3N3O2S. The fourth-order valence-corrected chi connectivity index (χ4v) is 2.44. The number of hydrogen-bond acceptors (Lipinski definition) is 4. The molecule has 1 heterocycles. The van der Waals surface area contributed by atoms with Crippen molar-refractivity contribution in [3.63, 3.8) is 0 Å². The molecule has 1 rings (SSSR count). The molecule has 1 aromatic heterocycles. The number of halogens is 3. The molecule has 0 aliphatic carbocycles. The van der Waals surface area contributed by atoms with Crippen LogP contribution in [0.4, 0.5) is 13.2 Å². The molecule has 0 aliphatic rings. The lowest BCUT2D eigenvalue weighted by Crippen LogP contribution is -2.26. The Morgan fingerprint density at radius 1 is 1.42 bits per heavy atom. The van der Waals surface area contributed by atoms with Gasteiger partial charge >= 0.3 is 6.18 Å². The Labute approximate surface area is 108 Å². The maximum atomic E-state index is 11.9. The largest absolute Gasteiger partial charge is 0.389 e. The zero-order valence-corrected chi connectivity index (χ0v) is 10.4. The van der Waals surface area contributed by atoms with Gasteiger partial charge in [-0.15, -0.1) is 0 Å². The van der Waals surface area contributed by atoms with Gasteiger partial charge in [0.25, 0.3) is 0 Å². The highest BCUT2D eigenvalue weighted by atomic mass is 32.2. The summed E-state index contributed by atoms with van der Waals surface area (Å²) < 4.78 is 61.2. The summed E-state index contributed by atoms with van der Waals surface area (Å²) in [5.41, 5.74) is -0.300. The molecule has 0 unspecified atom stereocenters. The number of nitrogens with one attached hydrogen (secondary N) is 1. The van der Waals surface area contributed by atoms with Crippen molar-refractivity contribution in [3.05, 3.63) is 24.0 Å². The molecule has 0 atom stereocenters. The molecular weight excluding hydrogens is 283 g/mol. The molecule has 1 N–H and O–H groups in total. The van der Waals surface area contributed by atoms with Crippen LogP contribution in [0.15, 0.2) is 23.2 Å². The zero-order valence-electron chi connectivity index (χ0n) is 9.61. The van der Waals surface area contributed by atoms with E-state index >= 15 is 0 Å². The van der Waals surface area contributed by atoms with E-state index in [0.29, 0.717) is 0 Å². The van der Waals surface area contributed by atoms with Crippen molar-refractivity contribution in [1.82, 2.24) is 9.71 Å². The lowest BCUT2D eigenvalue weighted by Gasteiger charge is -2.08. The van der Waals surface area contributed by atoms with Crippen molar-refractivity contribution in [2.45, 2.75) is 23.9 Å². The second-order valence-corrected chi connectivity index (χ2v) is 5.31. The van der Waals surface area contributed by atoms with Gasteiger partial charge in [-0.25, -0.2) is 18.1 Å². The number of nitriles is 1. The fraction of sp³-hybridized carbons (Fsp3) is 0.400. The monoisotopic (exact) mass is 293 g/mol. The lowest BCUT2D eigenvalue weighted by molar-refractivity contribution is -0.135. The van der Waals surface area contributed by atoms with Gasteiger partial charge in [0.05, 0.1) is 0 Å².